The van der Waals surface area contributed by atoms with E-state index in [1.54, 1.807) is 27.7 Å². The Balaban J connectivity index is 1.04. The molecule has 7 amide bonds. The molecule has 10 N–H and O–H groups in total. The van der Waals surface area contributed by atoms with Gasteiger partial charge in [0.15, 0.2) is 17.9 Å². The van der Waals surface area contributed by atoms with Gasteiger partial charge in [-0.15, -0.1) is 0 Å². The molecule has 464 valence electrons. The Kier molecular flexibility index (Phi) is 23.1. The van der Waals surface area contributed by atoms with Gasteiger partial charge in [0, 0.05) is 78.8 Å². The summed E-state index contributed by atoms with van der Waals surface area (Å²) < 4.78 is 34.2. The van der Waals surface area contributed by atoms with Crippen molar-refractivity contribution in [3.8, 4) is 17.2 Å². The lowest BCUT2D eigenvalue weighted by Gasteiger charge is -2.43. The molecule has 0 bridgehead atoms. The third-order valence-electron chi connectivity index (χ3n) is 15.3. The maximum Gasteiger partial charge on any atom is 0.253 e. The first-order valence-electron chi connectivity index (χ1n) is 28.0. The zero-order valence-electron chi connectivity index (χ0n) is 48.5. The zero-order chi connectivity index (χ0) is 62.6. The maximum atomic E-state index is 14.3. The second kappa shape index (κ2) is 29.5. The van der Waals surface area contributed by atoms with E-state index in [1.165, 1.54) is 51.3 Å². The summed E-state index contributed by atoms with van der Waals surface area (Å²) in [6.07, 6.45) is -3.44. The lowest BCUT2D eigenvalue weighted by atomic mass is 9.72. The summed E-state index contributed by atoms with van der Waals surface area (Å²) in [5, 5.41) is 56.0. The number of phenols is 2. The van der Waals surface area contributed by atoms with Crippen LogP contribution in [0.4, 0.5) is 0 Å². The van der Waals surface area contributed by atoms with Crippen molar-refractivity contribution in [1.82, 2.24) is 26.2 Å². The van der Waals surface area contributed by atoms with E-state index in [9.17, 15) is 73.2 Å². The molecule has 4 aliphatic rings. The number of carbonyl (C=O) groups is 11. The van der Waals surface area contributed by atoms with Crippen LogP contribution >= 0.6 is 0 Å². The number of hydrogen-bond acceptors (Lipinski definition) is 21. The van der Waals surface area contributed by atoms with Crippen LogP contribution in [-0.2, 0) is 73.3 Å². The van der Waals surface area contributed by atoms with Crippen molar-refractivity contribution < 1.29 is 102 Å². The van der Waals surface area contributed by atoms with Gasteiger partial charge in [0.05, 0.1) is 88.6 Å². The molecule has 1 fully saturated rings. The average Bonchev–Trinajstić information content (AvgIpc) is 1.69. The number of imide groups is 1. The van der Waals surface area contributed by atoms with Gasteiger partial charge in [0.25, 0.3) is 11.8 Å². The Morgan fingerprint density at radius 3 is 2.02 bits per heavy atom. The Morgan fingerprint density at radius 1 is 0.776 bits per heavy atom. The van der Waals surface area contributed by atoms with Crippen LogP contribution in [0.5, 0.6) is 17.2 Å². The number of aromatic hydroxyl groups is 2. The molecule has 27 nitrogen and oxygen atoms in total. The molecule has 6 rings (SSSR count). The third-order valence-corrected chi connectivity index (χ3v) is 15.3. The maximum absolute atomic E-state index is 14.3. The number of primary amides is 1. The standard InChI is InChI=1S/C58H76N6O21/c1-28(2)21-37(63-57(78)38(23-42(59)68)62-55(76)31(5)60-54(75)29(3)22-33(66)13-15-81-17-19-83-20-18-82-16-14-64-43(69)11-12-44(64)70)56(77)61-36-24-45(84-32(6)30(36)4)85-40-26-58(79,41(67)27-65)25-35-47(40)53(74)49-48(51(35)72)50(71)34-9-8-10-39(80-7)46(34)52(49)73/h8-12,28-32,36-38,40,45,65,72,74,79H,13-27H2,1-7H3,(H2,59,68)(H,60,75)(H,61,77)(H,62,76)(H,63,78)/t29-,30+,31+,32-,36-,37?,38+,40-,45-,58-/m0/s1. The largest absolute Gasteiger partial charge is 0.507 e. The van der Waals surface area contributed by atoms with Crippen LogP contribution in [0.25, 0.3) is 0 Å². The van der Waals surface area contributed by atoms with Gasteiger partial charge in [-0.25, -0.2) is 0 Å². The lowest BCUT2D eigenvalue weighted by molar-refractivity contribution is -0.238. The number of benzene rings is 2. The van der Waals surface area contributed by atoms with E-state index < -0.39 is 167 Å². The van der Waals surface area contributed by atoms with E-state index in [2.05, 4.69) is 21.3 Å². The summed E-state index contributed by atoms with van der Waals surface area (Å²) in [6, 6.07) is -0.719. The van der Waals surface area contributed by atoms with Gasteiger partial charge in [-0.2, -0.15) is 0 Å². The van der Waals surface area contributed by atoms with Gasteiger partial charge < -0.3 is 75.8 Å². The molecule has 0 saturated carbocycles. The highest BCUT2D eigenvalue weighted by atomic mass is 16.7. The van der Waals surface area contributed by atoms with Gasteiger partial charge >= 0.3 is 0 Å². The number of phenolic OH excluding ortho intramolecular Hbond substituents is 2. The van der Waals surface area contributed by atoms with Crippen molar-refractivity contribution in [3.63, 3.8) is 0 Å². The number of nitrogens with zero attached hydrogens (tertiary/aromatic N) is 1. The second-order valence-corrected chi connectivity index (χ2v) is 22.0. The molecule has 27 heteroatoms. The van der Waals surface area contributed by atoms with Crippen LogP contribution in [0.2, 0.25) is 0 Å². The van der Waals surface area contributed by atoms with Crippen molar-refractivity contribution >= 4 is 64.5 Å². The first-order valence-corrected chi connectivity index (χ1v) is 28.0. The minimum Gasteiger partial charge on any atom is -0.507 e. The quantitative estimate of drug-likeness (QED) is 0.0229. The minimum absolute atomic E-state index is 0.00958. The van der Waals surface area contributed by atoms with Gasteiger partial charge in [-0.1, -0.05) is 39.8 Å². The fourth-order valence-corrected chi connectivity index (χ4v) is 10.5. The molecule has 2 heterocycles. The molecule has 2 aliphatic carbocycles. The zero-order valence-corrected chi connectivity index (χ0v) is 48.5. The van der Waals surface area contributed by atoms with Crippen LogP contribution in [0, 0.1) is 17.8 Å². The number of nitrogens with one attached hydrogen (secondary N) is 4. The first kappa shape index (κ1) is 66.6. The van der Waals surface area contributed by atoms with Crippen molar-refractivity contribution in [2.24, 2.45) is 23.5 Å². The van der Waals surface area contributed by atoms with E-state index in [-0.39, 0.29) is 112 Å². The monoisotopic (exact) mass is 1190 g/mol. The number of Topliss-reactive ketones (excluding diaryl/α,β-unsaturated/α-hetero) is 2. The number of fused-ring (bicyclic) bond motifs is 3. The van der Waals surface area contributed by atoms with E-state index in [4.69, 9.17) is 34.2 Å². The first-order chi connectivity index (χ1) is 40.2. The molecule has 2 aromatic carbocycles. The number of rotatable bonds is 31. The summed E-state index contributed by atoms with van der Waals surface area (Å²) >= 11 is 0. The van der Waals surface area contributed by atoms with Crippen LogP contribution in [0.15, 0.2) is 30.4 Å². The number of nitrogens with two attached hydrogens (primary N) is 1. The Hall–Kier alpha value is -7.53. The lowest BCUT2D eigenvalue weighted by Crippen LogP contribution is -2.59. The van der Waals surface area contributed by atoms with Crippen LogP contribution in [-0.4, -0.2) is 192 Å². The second-order valence-electron chi connectivity index (χ2n) is 22.0. The van der Waals surface area contributed by atoms with Crippen molar-refractivity contribution in [3.05, 3.63) is 63.7 Å². The Labute approximate surface area is 489 Å². The van der Waals surface area contributed by atoms with Gasteiger partial charge in [-0.05, 0) is 32.3 Å². The van der Waals surface area contributed by atoms with E-state index >= 15 is 0 Å². The van der Waals surface area contributed by atoms with Crippen LogP contribution in [0.3, 0.4) is 0 Å². The highest BCUT2D eigenvalue weighted by Crippen LogP contribution is 2.52. The highest BCUT2D eigenvalue weighted by molar-refractivity contribution is 6.31. The average molecular weight is 1190 g/mol. The number of hydrogen-bond donors (Lipinski definition) is 9. The molecular weight excluding hydrogens is 1120 g/mol. The summed E-state index contributed by atoms with van der Waals surface area (Å²) in [5.74, 6) is -11.1. The smallest absolute Gasteiger partial charge is 0.253 e. The fraction of sp³-hybridized carbons (Fsp3) is 0.569. The molecule has 85 heavy (non-hydrogen) atoms. The Morgan fingerprint density at radius 2 is 1.40 bits per heavy atom. The fourth-order valence-electron chi connectivity index (χ4n) is 10.5. The number of amides is 7. The number of carbonyl (C=O) groups excluding carboxylic acids is 11. The van der Waals surface area contributed by atoms with Crippen molar-refractivity contribution in [2.45, 2.75) is 135 Å². The normalized spacial score (nSPS) is 22.1. The molecule has 10 atom stereocenters. The predicted molar refractivity (Wildman–Crippen MR) is 295 cm³/mol. The summed E-state index contributed by atoms with van der Waals surface area (Å²) in [6.45, 7) is 9.85. The minimum atomic E-state index is -2.42. The predicted octanol–water partition coefficient (Wildman–Crippen LogP) is -0.210. The van der Waals surface area contributed by atoms with Crippen molar-refractivity contribution in [1.29, 1.82) is 0 Å². The summed E-state index contributed by atoms with van der Waals surface area (Å²) in [5.41, 5.74) is 1.09. The molecule has 1 unspecified atom stereocenters. The van der Waals surface area contributed by atoms with E-state index in [0.29, 0.717) is 0 Å². The molecule has 2 aliphatic heterocycles. The van der Waals surface area contributed by atoms with Gasteiger partial charge in [0.1, 0.15) is 53.4 Å². The molecular formula is C58H76N6O21. The summed E-state index contributed by atoms with van der Waals surface area (Å²) in [7, 11) is 1.28. The summed E-state index contributed by atoms with van der Waals surface area (Å²) in [4.78, 5) is 145. The topological polar surface area (TPSA) is 401 Å². The van der Waals surface area contributed by atoms with E-state index in [1.807, 2.05) is 0 Å². The number of ether oxygens (including phenoxy) is 6. The van der Waals surface area contributed by atoms with Crippen molar-refractivity contribution in [2.75, 3.05) is 59.9 Å². The molecule has 2 aromatic rings. The molecule has 0 spiro atoms. The number of aliphatic hydroxyl groups is 2. The third kappa shape index (κ3) is 16.3. The number of ketones is 4. The van der Waals surface area contributed by atoms with E-state index in [0.717, 1.165) is 4.90 Å². The molecule has 0 radical (unpaired) electrons. The highest BCUT2D eigenvalue weighted by Gasteiger charge is 2.50. The van der Waals surface area contributed by atoms with Gasteiger partial charge in [-0.3, -0.25) is 57.6 Å². The number of aliphatic hydroxyl groups excluding tert-OH is 1. The SMILES string of the molecule is COc1cccc2c1C(=O)c1c(O)c3c(c(O)c1C2=O)C[C@@](O)(C(=O)CO)C[C@@H]3O[C@H]1C[C@H](NC(=O)C(CC(C)C)NC(=O)[C@@H](CC(N)=O)NC(=O)[C@@H](C)NC(=O)[C@@H](C)CC(=O)CCOCCOCCOCCN2C(=O)C=CC2=O)[C@H](C)[C@H](C)O1. The molecule has 1 saturated heterocycles. The molecule has 0 aromatic heterocycles. The number of methoxy groups -OCH3 is 1. The van der Waals surface area contributed by atoms with Crippen LogP contribution < -0.4 is 31.7 Å². The van der Waals surface area contributed by atoms with Crippen LogP contribution in [0.1, 0.15) is 129 Å². The Bertz CT molecular complexity index is 2930. The van der Waals surface area contributed by atoms with Gasteiger partial charge in [0.2, 0.25) is 35.3 Å².